The average Bonchev–Trinajstić information content (AvgIpc) is 3.07. The fraction of sp³-hybridized carbons (Fsp3) is 0.244. The van der Waals surface area contributed by atoms with E-state index >= 15 is 0 Å². The van der Waals surface area contributed by atoms with Crippen molar-refractivity contribution in [2.75, 3.05) is 11.9 Å². The van der Waals surface area contributed by atoms with E-state index in [2.05, 4.69) is 176 Å². The zero-order chi connectivity index (χ0) is 34.3. The van der Waals surface area contributed by atoms with Crippen LogP contribution in [0, 0.1) is 34.6 Å². The zero-order valence-electron chi connectivity index (χ0n) is 29.9. The molecule has 2 heterocycles. The highest BCUT2D eigenvalue weighted by Crippen LogP contribution is 2.58. The molecule has 0 bridgehead atoms. The number of hydrogen-bond donors (Lipinski definition) is 0. The van der Waals surface area contributed by atoms with Crippen molar-refractivity contribution in [3.63, 3.8) is 0 Å². The van der Waals surface area contributed by atoms with Crippen LogP contribution in [0.25, 0.3) is 21.9 Å². The number of quaternary nitrogens is 1. The van der Waals surface area contributed by atoms with E-state index in [4.69, 9.17) is 9.47 Å². The Bertz CT molecular complexity index is 2250. The summed E-state index contributed by atoms with van der Waals surface area (Å²) in [4.78, 5) is 2.48. The summed E-state index contributed by atoms with van der Waals surface area (Å²) in [6.45, 7) is 16.3. The predicted octanol–water partition coefficient (Wildman–Crippen LogP) is 11.0. The summed E-state index contributed by atoms with van der Waals surface area (Å²) in [6.07, 6.45) is 0. The Morgan fingerprint density at radius 1 is 0.633 bits per heavy atom. The van der Waals surface area contributed by atoms with Gasteiger partial charge in [-0.2, -0.15) is 4.48 Å². The van der Waals surface area contributed by atoms with E-state index in [1.54, 1.807) is 0 Å². The maximum atomic E-state index is 7.85. The molecule has 2 aliphatic heterocycles. The van der Waals surface area contributed by atoms with Crippen LogP contribution in [-0.4, -0.2) is 13.1 Å². The van der Waals surface area contributed by atoms with Crippen molar-refractivity contribution in [1.29, 1.82) is 0 Å². The molecule has 0 aliphatic carbocycles. The summed E-state index contributed by atoms with van der Waals surface area (Å²) in [7, 11) is 2.31. The summed E-state index contributed by atoms with van der Waals surface area (Å²) in [5, 5.41) is 2.37. The Labute approximate surface area is 290 Å². The maximum Gasteiger partial charge on any atom is 0.509 e. The molecule has 1 spiro atoms. The molecule has 4 nitrogen and oxygen atoms in total. The third kappa shape index (κ3) is 4.54. The summed E-state index contributed by atoms with van der Waals surface area (Å²) in [5.41, 5.74) is 12.1. The molecule has 2 aliphatic rings. The summed E-state index contributed by atoms with van der Waals surface area (Å²) in [6, 6.07) is 40.3. The van der Waals surface area contributed by atoms with Gasteiger partial charge in [-0.1, -0.05) is 90.5 Å². The Morgan fingerprint density at radius 2 is 1.27 bits per heavy atom. The van der Waals surface area contributed by atoms with E-state index in [1.165, 1.54) is 38.6 Å². The molecule has 1 unspecified atom stereocenters. The molecule has 0 saturated heterocycles. The van der Waals surface area contributed by atoms with Gasteiger partial charge in [-0.25, -0.2) is 4.90 Å². The van der Waals surface area contributed by atoms with Gasteiger partial charge in [-0.3, -0.25) is 0 Å². The number of aryl methyl sites for hydroxylation is 5. The van der Waals surface area contributed by atoms with Crippen LogP contribution >= 0.6 is 0 Å². The van der Waals surface area contributed by atoms with Crippen molar-refractivity contribution in [3.8, 4) is 22.6 Å². The van der Waals surface area contributed by atoms with Crippen LogP contribution in [0.3, 0.4) is 0 Å². The number of nitrogens with zero attached hydrogens (tertiary/aromatic N) is 2. The van der Waals surface area contributed by atoms with Crippen molar-refractivity contribution in [2.24, 2.45) is 0 Å². The topological polar surface area (TPSA) is 21.7 Å². The summed E-state index contributed by atoms with van der Waals surface area (Å²) in [5.74, 6) is 1.76. The standard InChI is InChI=1S/C45H45N2O2/c1-29-24-33(5)42-36(25-29)28-47(8,40-23-15-21-34-20-12-13-22-37(34)40)45(48-42)46(41-31(3)16-14-17-32(41)4)44(6,7)39-27-30(2)26-38(43(39)49-45)35-18-10-9-11-19-35/h9-27H,28H2,1-8H3/q+1/t45?,47-/m0/s1. The largest absolute Gasteiger partial charge is 0.509 e. The molecule has 6 aromatic rings. The van der Waals surface area contributed by atoms with Crippen molar-refractivity contribution >= 4 is 22.1 Å². The third-order valence-corrected chi connectivity index (χ3v) is 10.9. The van der Waals surface area contributed by atoms with Gasteiger partial charge in [0.15, 0.2) is 0 Å². The Kier molecular flexibility index (Phi) is 7.00. The molecule has 0 aromatic heterocycles. The van der Waals surface area contributed by atoms with E-state index in [0.29, 0.717) is 11.0 Å². The van der Waals surface area contributed by atoms with Crippen LogP contribution in [0.1, 0.15) is 52.8 Å². The minimum absolute atomic E-state index is 0.336. The van der Waals surface area contributed by atoms with E-state index in [9.17, 15) is 0 Å². The van der Waals surface area contributed by atoms with Gasteiger partial charge in [-0.15, -0.1) is 0 Å². The molecule has 8 rings (SSSR count). The van der Waals surface area contributed by atoms with E-state index in [1.807, 2.05) is 0 Å². The van der Waals surface area contributed by atoms with Gasteiger partial charge in [0.25, 0.3) is 0 Å². The van der Waals surface area contributed by atoms with Crippen LogP contribution in [0.2, 0.25) is 0 Å². The SMILES string of the molecule is Cc1cc(C)c2c(c1)C[N@@+](C)(c1cccc3ccccc13)C1(O2)Oc2c(-c3ccccc3)cc(C)cc2C(C)(C)N1c1c(C)cccc1C. The molecule has 0 radical (unpaired) electrons. The Balaban J connectivity index is 1.55. The Hall–Kier alpha value is -5.06. The zero-order valence-corrected chi connectivity index (χ0v) is 29.9. The van der Waals surface area contributed by atoms with Gasteiger partial charge < -0.3 is 9.47 Å². The molecule has 4 heteroatoms. The first-order chi connectivity index (χ1) is 23.4. The number of hydrogen-bond acceptors (Lipinski definition) is 3. The molecule has 49 heavy (non-hydrogen) atoms. The van der Waals surface area contributed by atoms with Gasteiger partial charge in [0.2, 0.25) is 0 Å². The minimum atomic E-state index is -1.34. The lowest BCUT2D eigenvalue weighted by Gasteiger charge is -2.61. The number of para-hydroxylation sites is 1. The molecular formula is C45H45N2O2+. The van der Waals surface area contributed by atoms with Crippen LogP contribution in [0.15, 0.2) is 115 Å². The number of rotatable bonds is 3. The van der Waals surface area contributed by atoms with Crippen molar-refractivity contribution in [2.45, 2.75) is 66.6 Å². The highest BCUT2D eigenvalue weighted by atomic mass is 16.8. The molecule has 0 amide bonds. The first kappa shape index (κ1) is 31.2. The fourth-order valence-electron chi connectivity index (χ4n) is 8.65. The second-order valence-corrected chi connectivity index (χ2v) is 14.9. The summed E-state index contributed by atoms with van der Waals surface area (Å²) < 4.78 is 15.9. The van der Waals surface area contributed by atoms with E-state index in [-0.39, 0.29) is 0 Å². The van der Waals surface area contributed by atoms with Gasteiger partial charge in [0.05, 0.1) is 23.8 Å². The van der Waals surface area contributed by atoms with Crippen LogP contribution in [-0.2, 0) is 12.1 Å². The maximum absolute atomic E-state index is 7.85. The van der Waals surface area contributed by atoms with Gasteiger partial charge in [0, 0.05) is 22.6 Å². The van der Waals surface area contributed by atoms with Crippen molar-refractivity contribution in [3.05, 3.63) is 154 Å². The quantitative estimate of drug-likeness (QED) is 0.179. The lowest BCUT2D eigenvalue weighted by atomic mass is 9.83. The first-order valence-electron chi connectivity index (χ1n) is 17.3. The van der Waals surface area contributed by atoms with Crippen LogP contribution in [0.4, 0.5) is 11.4 Å². The van der Waals surface area contributed by atoms with Gasteiger partial charge in [-0.05, 0) is 106 Å². The minimum Gasteiger partial charge on any atom is -0.388 e. The molecule has 2 atom stereocenters. The number of fused-ring (bicyclic) bond motifs is 3. The predicted molar refractivity (Wildman–Crippen MR) is 203 cm³/mol. The Morgan fingerprint density at radius 3 is 2.02 bits per heavy atom. The van der Waals surface area contributed by atoms with Gasteiger partial charge in [0.1, 0.15) is 23.7 Å². The number of benzene rings is 6. The second-order valence-electron chi connectivity index (χ2n) is 14.9. The second kappa shape index (κ2) is 11.0. The normalized spacial score (nSPS) is 20.8. The number of ether oxygens (including phenoxy) is 2. The molecule has 0 fully saturated rings. The first-order valence-corrected chi connectivity index (χ1v) is 17.3. The molecule has 6 aromatic carbocycles. The molecule has 246 valence electrons. The van der Waals surface area contributed by atoms with Crippen LogP contribution in [0.5, 0.6) is 11.5 Å². The smallest absolute Gasteiger partial charge is 0.388 e. The van der Waals surface area contributed by atoms with Crippen molar-refractivity contribution < 1.29 is 9.47 Å². The highest BCUT2D eigenvalue weighted by Gasteiger charge is 2.70. The lowest BCUT2D eigenvalue weighted by Crippen LogP contribution is -2.82. The highest BCUT2D eigenvalue weighted by molar-refractivity contribution is 5.94. The molecule has 0 saturated carbocycles. The third-order valence-electron chi connectivity index (χ3n) is 10.9. The monoisotopic (exact) mass is 645 g/mol. The average molecular weight is 646 g/mol. The number of anilines is 1. The summed E-state index contributed by atoms with van der Waals surface area (Å²) >= 11 is 0. The van der Waals surface area contributed by atoms with E-state index < -0.39 is 11.6 Å². The van der Waals surface area contributed by atoms with Gasteiger partial charge >= 0.3 is 6.03 Å². The fourth-order valence-corrected chi connectivity index (χ4v) is 8.65. The van der Waals surface area contributed by atoms with E-state index in [0.717, 1.165) is 45.1 Å². The lowest BCUT2D eigenvalue weighted by molar-refractivity contribution is -0.239. The van der Waals surface area contributed by atoms with Crippen LogP contribution < -0.4 is 18.9 Å². The van der Waals surface area contributed by atoms with Crippen molar-refractivity contribution in [1.82, 2.24) is 4.48 Å². The molecular weight excluding hydrogens is 601 g/mol. The molecule has 0 N–H and O–H groups in total.